The lowest BCUT2D eigenvalue weighted by Crippen LogP contribution is -3.06. The van der Waals surface area contributed by atoms with E-state index < -0.39 is 0 Å². The molecule has 0 aromatic carbocycles. The maximum Gasteiger partial charge on any atom is 0.324 e. The van der Waals surface area contributed by atoms with Crippen molar-refractivity contribution in [1.29, 1.82) is 0 Å². The molecule has 5 heteroatoms. The molecule has 12 heavy (non-hydrogen) atoms. The Morgan fingerprint density at radius 1 is 1.50 bits per heavy atom. The highest BCUT2D eigenvalue weighted by molar-refractivity contribution is 6.01. The zero-order chi connectivity index (χ0) is 9.14. The maximum atomic E-state index is 11.0. The summed E-state index contributed by atoms with van der Waals surface area (Å²) in [4.78, 5) is 24.5. The van der Waals surface area contributed by atoms with Gasteiger partial charge in [-0.2, -0.15) is 0 Å². The Hall–Kier alpha value is -1.10. The molecule has 1 aliphatic rings. The summed E-state index contributed by atoms with van der Waals surface area (Å²) in [6, 6.07) is -0.263. The van der Waals surface area contributed by atoms with Gasteiger partial charge in [0.2, 0.25) is 5.91 Å². The van der Waals surface area contributed by atoms with Crippen LogP contribution in [0.25, 0.3) is 0 Å². The fraction of sp³-hybridized carbons (Fsp3) is 0.714. The second-order valence-corrected chi connectivity index (χ2v) is 3.16. The van der Waals surface area contributed by atoms with Gasteiger partial charge in [-0.25, -0.2) is 4.79 Å². The molecular weight excluding hydrogens is 158 g/mol. The lowest BCUT2D eigenvalue weighted by atomic mass is 10.5. The van der Waals surface area contributed by atoms with E-state index in [1.54, 1.807) is 0 Å². The topological polar surface area (TPSA) is 53.9 Å². The molecule has 0 aliphatic carbocycles. The summed E-state index contributed by atoms with van der Waals surface area (Å²) in [5.74, 6) is -0.124. The van der Waals surface area contributed by atoms with Crippen LogP contribution < -0.4 is 10.2 Å². The largest absolute Gasteiger partial charge is 0.338 e. The summed E-state index contributed by atoms with van der Waals surface area (Å²) in [6.45, 7) is 1.45. The highest BCUT2D eigenvalue weighted by Gasteiger charge is 2.28. The second-order valence-electron chi connectivity index (χ2n) is 3.16. The normalized spacial score (nSPS) is 17.4. The van der Waals surface area contributed by atoms with Crippen molar-refractivity contribution in [2.45, 2.75) is 0 Å². The number of carbonyl (C=O) groups excluding carboxylic acids is 2. The number of nitrogens with zero attached hydrogens (tertiary/aromatic N) is 1. The van der Waals surface area contributed by atoms with Gasteiger partial charge in [0.25, 0.3) is 0 Å². The number of likely N-dealkylation sites (N-methyl/N-ethyl adjacent to an activating group) is 1. The van der Waals surface area contributed by atoms with Crippen LogP contribution in [0.2, 0.25) is 0 Å². The molecule has 5 nitrogen and oxygen atoms in total. The van der Waals surface area contributed by atoms with Crippen molar-refractivity contribution < 1.29 is 14.5 Å². The fourth-order valence-electron chi connectivity index (χ4n) is 1.02. The Labute approximate surface area is 71.3 Å². The van der Waals surface area contributed by atoms with Crippen LogP contribution in [0.15, 0.2) is 0 Å². The van der Waals surface area contributed by atoms with Crippen molar-refractivity contribution in [2.75, 3.05) is 33.7 Å². The number of carbonyl (C=O) groups is 2. The first kappa shape index (κ1) is 8.99. The van der Waals surface area contributed by atoms with Gasteiger partial charge in [0.05, 0.1) is 33.7 Å². The first-order valence-corrected chi connectivity index (χ1v) is 3.98. The predicted molar refractivity (Wildman–Crippen MR) is 42.8 cm³/mol. The van der Waals surface area contributed by atoms with Crippen molar-refractivity contribution >= 4 is 11.9 Å². The molecule has 0 atom stereocenters. The summed E-state index contributed by atoms with van der Waals surface area (Å²) in [7, 11) is 3.97. The second kappa shape index (κ2) is 3.53. The van der Waals surface area contributed by atoms with E-state index in [2.05, 4.69) is 5.32 Å². The minimum atomic E-state index is -0.263. The van der Waals surface area contributed by atoms with E-state index in [1.165, 1.54) is 9.80 Å². The van der Waals surface area contributed by atoms with Crippen LogP contribution >= 0.6 is 0 Å². The molecule has 0 aromatic heterocycles. The fourth-order valence-corrected chi connectivity index (χ4v) is 1.02. The molecular formula is C7H14N3O2+. The highest BCUT2D eigenvalue weighted by Crippen LogP contribution is 1.95. The first-order chi connectivity index (χ1) is 5.61. The van der Waals surface area contributed by atoms with E-state index in [0.717, 1.165) is 6.54 Å². The van der Waals surface area contributed by atoms with E-state index >= 15 is 0 Å². The molecule has 3 amide bonds. The number of hydrogen-bond donors (Lipinski definition) is 2. The van der Waals surface area contributed by atoms with Gasteiger partial charge in [0.15, 0.2) is 0 Å². The van der Waals surface area contributed by atoms with Crippen LogP contribution in [0.5, 0.6) is 0 Å². The molecule has 0 bridgehead atoms. The van der Waals surface area contributed by atoms with Gasteiger partial charge in [-0.1, -0.05) is 0 Å². The van der Waals surface area contributed by atoms with E-state index in [1.807, 2.05) is 14.1 Å². The van der Waals surface area contributed by atoms with Crippen LogP contribution in [-0.2, 0) is 4.79 Å². The number of amides is 3. The van der Waals surface area contributed by atoms with Crippen molar-refractivity contribution in [2.24, 2.45) is 0 Å². The Morgan fingerprint density at radius 2 is 2.17 bits per heavy atom. The van der Waals surface area contributed by atoms with E-state index in [9.17, 15) is 9.59 Å². The standard InChI is InChI=1S/C7H13N3O2/c1-9(2)3-4-10-6(11)5-8-7(10)12/h3-5H2,1-2H3,(H,8,12)/p+1. The smallest absolute Gasteiger partial charge is 0.324 e. The molecule has 1 heterocycles. The molecule has 0 radical (unpaired) electrons. The quantitative estimate of drug-likeness (QED) is 0.470. The number of hydrogen-bond acceptors (Lipinski definition) is 2. The molecule has 0 spiro atoms. The number of nitrogens with one attached hydrogen (secondary N) is 2. The third-order valence-corrected chi connectivity index (χ3v) is 1.77. The van der Waals surface area contributed by atoms with E-state index in [-0.39, 0.29) is 18.5 Å². The van der Waals surface area contributed by atoms with Crippen LogP contribution in [0.4, 0.5) is 4.79 Å². The maximum absolute atomic E-state index is 11.0. The Kier molecular flexibility index (Phi) is 2.65. The summed E-state index contributed by atoms with van der Waals surface area (Å²) >= 11 is 0. The van der Waals surface area contributed by atoms with Gasteiger partial charge in [-0.05, 0) is 0 Å². The van der Waals surface area contributed by atoms with E-state index in [4.69, 9.17) is 0 Å². The van der Waals surface area contributed by atoms with Crippen LogP contribution in [0.1, 0.15) is 0 Å². The molecule has 1 saturated heterocycles. The zero-order valence-electron chi connectivity index (χ0n) is 7.39. The Balaban J connectivity index is 2.40. The summed E-state index contributed by atoms with van der Waals surface area (Å²) in [6.07, 6.45) is 0. The molecule has 0 saturated carbocycles. The van der Waals surface area contributed by atoms with Crippen molar-refractivity contribution in [3.8, 4) is 0 Å². The van der Waals surface area contributed by atoms with Crippen molar-refractivity contribution in [1.82, 2.24) is 10.2 Å². The van der Waals surface area contributed by atoms with Crippen LogP contribution in [-0.4, -0.2) is 50.6 Å². The number of imide groups is 1. The summed E-state index contributed by atoms with van der Waals surface area (Å²) < 4.78 is 0. The van der Waals surface area contributed by atoms with E-state index in [0.29, 0.717) is 6.54 Å². The van der Waals surface area contributed by atoms with Gasteiger partial charge < -0.3 is 10.2 Å². The number of rotatable bonds is 3. The lowest BCUT2D eigenvalue weighted by molar-refractivity contribution is -0.857. The number of urea groups is 1. The Bertz CT molecular complexity index is 187. The van der Waals surface area contributed by atoms with Crippen molar-refractivity contribution in [3.05, 3.63) is 0 Å². The zero-order valence-corrected chi connectivity index (χ0v) is 7.39. The van der Waals surface area contributed by atoms with Gasteiger partial charge in [0, 0.05) is 0 Å². The molecule has 1 rings (SSSR count). The summed E-state index contributed by atoms with van der Waals surface area (Å²) in [5, 5.41) is 2.47. The van der Waals surface area contributed by atoms with Crippen LogP contribution in [0.3, 0.4) is 0 Å². The number of quaternary nitrogens is 1. The minimum absolute atomic E-state index is 0.124. The highest BCUT2D eigenvalue weighted by atomic mass is 16.2. The summed E-state index contributed by atoms with van der Waals surface area (Å²) in [5.41, 5.74) is 0. The minimum Gasteiger partial charge on any atom is -0.338 e. The monoisotopic (exact) mass is 172 g/mol. The SMILES string of the molecule is C[NH+](C)CCN1C(=O)CNC1=O. The van der Waals surface area contributed by atoms with Gasteiger partial charge in [-0.15, -0.1) is 0 Å². The molecule has 1 fully saturated rings. The van der Waals surface area contributed by atoms with Gasteiger partial charge in [0.1, 0.15) is 0 Å². The average Bonchev–Trinajstić information content (AvgIpc) is 2.28. The average molecular weight is 172 g/mol. The third kappa shape index (κ3) is 1.94. The third-order valence-electron chi connectivity index (χ3n) is 1.77. The molecule has 0 unspecified atom stereocenters. The van der Waals surface area contributed by atoms with Crippen molar-refractivity contribution in [3.63, 3.8) is 0 Å². The Morgan fingerprint density at radius 3 is 2.58 bits per heavy atom. The molecule has 2 N–H and O–H groups in total. The molecule has 1 aliphatic heterocycles. The van der Waals surface area contributed by atoms with Crippen LogP contribution in [0, 0.1) is 0 Å². The lowest BCUT2D eigenvalue weighted by Gasteiger charge is -2.13. The molecule has 0 aromatic rings. The first-order valence-electron chi connectivity index (χ1n) is 3.98. The predicted octanol–water partition coefficient (Wildman–Crippen LogP) is -2.32. The van der Waals surface area contributed by atoms with Gasteiger partial charge in [-0.3, -0.25) is 9.69 Å². The van der Waals surface area contributed by atoms with Gasteiger partial charge >= 0.3 is 6.03 Å². The molecule has 68 valence electrons.